The van der Waals surface area contributed by atoms with E-state index in [4.69, 9.17) is 0 Å². The molecule has 1 heterocycles. The molecule has 6 nitrogen and oxygen atoms in total. The molecule has 1 amide bonds. The van der Waals surface area contributed by atoms with Crippen LogP contribution in [0.25, 0.3) is 0 Å². The molecule has 2 atom stereocenters. The van der Waals surface area contributed by atoms with Crippen molar-refractivity contribution < 1.29 is 9.69 Å². The van der Waals surface area contributed by atoms with Crippen molar-refractivity contribution in [3.63, 3.8) is 0 Å². The van der Waals surface area contributed by atoms with Gasteiger partial charge in [0.25, 0.3) is 0 Å². The number of quaternary nitrogens is 1. The van der Waals surface area contributed by atoms with Gasteiger partial charge in [0.05, 0.1) is 19.3 Å². The summed E-state index contributed by atoms with van der Waals surface area (Å²) in [7, 11) is 4.32. The van der Waals surface area contributed by atoms with Crippen LogP contribution in [0.1, 0.15) is 64.7 Å². The number of aromatic nitrogens is 3. The predicted molar refractivity (Wildman–Crippen MR) is 97.3 cm³/mol. The summed E-state index contributed by atoms with van der Waals surface area (Å²) in [4.78, 5) is 13.6. The van der Waals surface area contributed by atoms with E-state index < -0.39 is 0 Å². The molecule has 0 radical (unpaired) electrons. The first-order chi connectivity index (χ1) is 11.5. The Labute approximate surface area is 149 Å². The highest BCUT2D eigenvalue weighted by atomic mass is 32.2. The van der Waals surface area contributed by atoms with Crippen LogP contribution in [0.5, 0.6) is 0 Å². The van der Waals surface area contributed by atoms with Crippen molar-refractivity contribution in [2.75, 3.05) is 14.1 Å². The van der Waals surface area contributed by atoms with E-state index in [1.807, 2.05) is 6.92 Å². The van der Waals surface area contributed by atoms with E-state index in [1.165, 1.54) is 16.7 Å². The lowest BCUT2D eigenvalue weighted by atomic mass is 10.2. The summed E-state index contributed by atoms with van der Waals surface area (Å²) >= 11 is 1.53. The molecule has 24 heavy (non-hydrogen) atoms. The molecule has 1 aliphatic carbocycles. The van der Waals surface area contributed by atoms with Crippen LogP contribution >= 0.6 is 11.8 Å². The van der Waals surface area contributed by atoms with Gasteiger partial charge in [0.2, 0.25) is 5.91 Å². The summed E-state index contributed by atoms with van der Waals surface area (Å²) < 4.78 is 2.23. The number of rotatable bonds is 10. The zero-order chi connectivity index (χ0) is 17.7. The third-order valence-electron chi connectivity index (χ3n) is 4.47. The highest BCUT2D eigenvalue weighted by Gasteiger charge is 2.29. The minimum absolute atomic E-state index is 0.111. The Bertz CT molecular complexity index is 541. The largest absolute Gasteiger partial charge is 0.352 e. The smallest absolute Gasteiger partial charge is 0.233 e. The average molecular weight is 355 g/mol. The third-order valence-corrected chi connectivity index (χ3v) is 5.55. The van der Waals surface area contributed by atoms with Gasteiger partial charge in [-0.3, -0.25) is 4.79 Å². The second kappa shape index (κ2) is 8.85. The molecule has 0 aromatic carbocycles. The topological polar surface area (TPSA) is 64.2 Å². The van der Waals surface area contributed by atoms with Gasteiger partial charge in [0.15, 0.2) is 11.0 Å². The van der Waals surface area contributed by atoms with Gasteiger partial charge in [-0.1, -0.05) is 32.0 Å². The van der Waals surface area contributed by atoms with E-state index in [-0.39, 0.29) is 11.2 Å². The number of carbonyl (C=O) groups excluding carboxylic acids is 1. The lowest BCUT2D eigenvalue weighted by molar-refractivity contribution is -0.893. The molecule has 1 aromatic rings. The number of thioether (sulfide) groups is 1. The first kappa shape index (κ1) is 19.2. The van der Waals surface area contributed by atoms with Gasteiger partial charge in [0, 0.05) is 19.0 Å². The quantitative estimate of drug-likeness (QED) is 0.624. The van der Waals surface area contributed by atoms with E-state index in [0.29, 0.717) is 12.1 Å². The first-order valence-corrected chi connectivity index (χ1v) is 10.1. The van der Waals surface area contributed by atoms with E-state index in [9.17, 15) is 4.79 Å². The number of nitrogens with one attached hydrogen (secondary N) is 2. The van der Waals surface area contributed by atoms with Gasteiger partial charge in [-0.25, -0.2) is 0 Å². The lowest BCUT2D eigenvalue weighted by Crippen LogP contribution is -3.06. The van der Waals surface area contributed by atoms with Crippen LogP contribution in [0.15, 0.2) is 5.16 Å². The first-order valence-electron chi connectivity index (χ1n) is 9.18. The Morgan fingerprint density at radius 3 is 2.62 bits per heavy atom. The SMILES string of the molecule is CCCCn1c(S[C@H](C)C(=O)NC2CC2)nnc1[C@H](CC)[NH+](C)C. The van der Waals surface area contributed by atoms with Gasteiger partial charge < -0.3 is 14.8 Å². The normalized spacial score (nSPS) is 17.1. The summed E-state index contributed by atoms with van der Waals surface area (Å²) in [6, 6.07) is 0.732. The number of unbranched alkanes of at least 4 members (excludes halogenated alkanes) is 1. The molecule has 1 fully saturated rings. The van der Waals surface area contributed by atoms with Gasteiger partial charge in [-0.2, -0.15) is 0 Å². The number of nitrogens with zero attached hydrogens (tertiary/aromatic N) is 3. The monoisotopic (exact) mass is 354 g/mol. The summed E-state index contributed by atoms with van der Waals surface area (Å²) in [5, 5.41) is 12.7. The summed E-state index contributed by atoms with van der Waals surface area (Å²) in [6.07, 6.45) is 5.48. The number of hydrogen-bond acceptors (Lipinski definition) is 4. The van der Waals surface area contributed by atoms with Crippen LogP contribution in [0.4, 0.5) is 0 Å². The number of hydrogen-bond donors (Lipinski definition) is 2. The highest BCUT2D eigenvalue weighted by Crippen LogP contribution is 2.26. The minimum Gasteiger partial charge on any atom is -0.352 e. The molecule has 7 heteroatoms. The van der Waals surface area contributed by atoms with Crippen molar-refractivity contribution in [3.8, 4) is 0 Å². The predicted octanol–water partition coefficient (Wildman–Crippen LogP) is 1.43. The average Bonchev–Trinajstić information content (AvgIpc) is 3.27. The highest BCUT2D eigenvalue weighted by molar-refractivity contribution is 8.00. The fourth-order valence-electron chi connectivity index (χ4n) is 2.78. The van der Waals surface area contributed by atoms with E-state index in [0.717, 1.165) is 49.6 Å². The number of carbonyl (C=O) groups is 1. The van der Waals surface area contributed by atoms with Gasteiger partial charge in [-0.15, -0.1) is 10.2 Å². The summed E-state index contributed by atoms with van der Waals surface area (Å²) in [6.45, 7) is 7.25. The molecule has 0 spiro atoms. The van der Waals surface area contributed by atoms with Crippen LogP contribution in [0, 0.1) is 0 Å². The zero-order valence-electron chi connectivity index (χ0n) is 15.6. The van der Waals surface area contributed by atoms with Gasteiger partial charge >= 0.3 is 0 Å². The van der Waals surface area contributed by atoms with E-state index in [1.54, 1.807) is 0 Å². The molecule has 2 N–H and O–H groups in total. The molecule has 0 saturated heterocycles. The van der Waals surface area contributed by atoms with Crippen molar-refractivity contribution in [2.24, 2.45) is 0 Å². The Kier molecular flexibility index (Phi) is 7.10. The van der Waals surface area contributed by atoms with Crippen molar-refractivity contribution in [1.82, 2.24) is 20.1 Å². The lowest BCUT2D eigenvalue weighted by Gasteiger charge is -2.20. The molecular formula is C17H32N5OS+. The molecule has 1 saturated carbocycles. The number of amides is 1. The van der Waals surface area contributed by atoms with Crippen molar-refractivity contribution in [1.29, 1.82) is 0 Å². The third kappa shape index (κ3) is 4.96. The minimum atomic E-state index is -0.144. The van der Waals surface area contributed by atoms with Gasteiger partial charge in [-0.05, 0) is 26.2 Å². The van der Waals surface area contributed by atoms with Crippen LogP contribution in [-0.2, 0) is 11.3 Å². The van der Waals surface area contributed by atoms with Crippen molar-refractivity contribution >= 4 is 17.7 Å². The maximum atomic E-state index is 12.2. The van der Waals surface area contributed by atoms with Gasteiger partial charge in [0.1, 0.15) is 6.04 Å². The molecule has 0 bridgehead atoms. The Morgan fingerprint density at radius 1 is 1.38 bits per heavy atom. The summed E-state index contributed by atoms with van der Waals surface area (Å²) in [5.41, 5.74) is 0. The van der Waals surface area contributed by atoms with E-state index >= 15 is 0 Å². The molecule has 1 aliphatic rings. The summed E-state index contributed by atoms with van der Waals surface area (Å²) in [5.74, 6) is 1.16. The Hall–Kier alpha value is -1.08. The second-order valence-corrected chi connectivity index (χ2v) is 8.24. The zero-order valence-corrected chi connectivity index (χ0v) is 16.4. The fraction of sp³-hybridized carbons (Fsp3) is 0.824. The molecule has 0 unspecified atom stereocenters. The Balaban J connectivity index is 2.14. The van der Waals surface area contributed by atoms with E-state index in [2.05, 4.69) is 48.0 Å². The van der Waals surface area contributed by atoms with Crippen LogP contribution in [0.3, 0.4) is 0 Å². The van der Waals surface area contributed by atoms with Crippen molar-refractivity contribution in [3.05, 3.63) is 5.82 Å². The molecule has 1 aromatic heterocycles. The second-order valence-electron chi connectivity index (χ2n) is 6.93. The molecule has 136 valence electrons. The molecular weight excluding hydrogens is 322 g/mol. The maximum Gasteiger partial charge on any atom is 0.233 e. The maximum absolute atomic E-state index is 12.2. The fourth-order valence-corrected chi connectivity index (χ4v) is 3.67. The Morgan fingerprint density at radius 2 is 2.08 bits per heavy atom. The molecule has 0 aliphatic heterocycles. The molecule has 2 rings (SSSR count). The van der Waals surface area contributed by atoms with Crippen LogP contribution < -0.4 is 10.2 Å². The van der Waals surface area contributed by atoms with Crippen LogP contribution in [0.2, 0.25) is 0 Å². The van der Waals surface area contributed by atoms with Crippen LogP contribution in [-0.4, -0.2) is 46.1 Å². The standard InChI is InChI=1S/C17H31N5OS/c1-6-8-11-22-15(14(7-2)21(4)5)19-20-17(22)24-12(3)16(23)18-13-9-10-13/h12-14H,6-11H2,1-5H3,(H,18,23)/p+1/t12-,14+/m1/s1. The van der Waals surface area contributed by atoms with Crippen molar-refractivity contribution in [2.45, 2.75) is 81.9 Å².